The van der Waals surface area contributed by atoms with E-state index in [4.69, 9.17) is 4.74 Å². The van der Waals surface area contributed by atoms with Crippen molar-refractivity contribution in [3.63, 3.8) is 0 Å². The highest BCUT2D eigenvalue weighted by Crippen LogP contribution is 2.29. The van der Waals surface area contributed by atoms with Crippen molar-refractivity contribution >= 4 is 0 Å². The monoisotopic (exact) mass is 274 g/mol. The molecule has 1 aromatic rings. The molecule has 1 atom stereocenters. The highest BCUT2D eigenvalue weighted by Gasteiger charge is 2.19. The van der Waals surface area contributed by atoms with Crippen molar-refractivity contribution in [3.05, 3.63) is 29.3 Å². The van der Waals surface area contributed by atoms with Crippen molar-refractivity contribution in [2.45, 2.75) is 63.9 Å². The van der Waals surface area contributed by atoms with Gasteiger partial charge in [-0.3, -0.25) is 0 Å². The molecule has 1 saturated carbocycles. The molecule has 0 aliphatic heterocycles. The number of benzene rings is 1. The highest BCUT2D eigenvalue weighted by atomic mass is 16.5. The molecule has 0 saturated heterocycles. The van der Waals surface area contributed by atoms with Crippen molar-refractivity contribution in [2.75, 3.05) is 6.61 Å². The lowest BCUT2D eigenvalue weighted by Crippen LogP contribution is -2.20. The molecule has 1 fully saturated rings. The SMILES string of the molecule is OC(COc1ccc2c(c1)CCCC2)CC1CCCC1. The molecule has 20 heavy (non-hydrogen) atoms. The third-order valence-electron chi connectivity index (χ3n) is 4.84. The smallest absolute Gasteiger partial charge is 0.119 e. The summed E-state index contributed by atoms with van der Waals surface area (Å²) in [6.45, 7) is 0.440. The van der Waals surface area contributed by atoms with Gasteiger partial charge in [-0.15, -0.1) is 0 Å². The summed E-state index contributed by atoms with van der Waals surface area (Å²) >= 11 is 0. The van der Waals surface area contributed by atoms with Gasteiger partial charge in [0.15, 0.2) is 0 Å². The predicted molar refractivity (Wildman–Crippen MR) is 81.2 cm³/mol. The molecular formula is C18H26O2. The molecule has 1 N–H and O–H groups in total. The lowest BCUT2D eigenvalue weighted by atomic mass is 9.92. The van der Waals surface area contributed by atoms with Gasteiger partial charge in [0.25, 0.3) is 0 Å². The number of aliphatic hydroxyl groups is 1. The van der Waals surface area contributed by atoms with Crippen LogP contribution in [-0.2, 0) is 12.8 Å². The molecule has 2 nitrogen and oxygen atoms in total. The van der Waals surface area contributed by atoms with Gasteiger partial charge >= 0.3 is 0 Å². The minimum absolute atomic E-state index is 0.311. The minimum atomic E-state index is -0.311. The molecule has 2 aliphatic rings. The Morgan fingerprint density at radius 3 is 2.60 bits per heavy atom. The molecule has 1 aromatic carbocycles. The van der Waals surface area contributed by atoms with Crippen molar-refractivity contribution in [1.82, 2.24) is 0 Å². The quantitative estimate of drug-likeness (QED) is 0.882. The van der Waals surface area contributed by atoms with Crippen LogP contribution < -0.4 is 4.74 Å². The van der Waals surface area contributed by atoms with E-state index < -0.39 is 0 Å². The first-order chi connectivity index (χ1) is 9.81. The topological polar surface area (TPSA) is 29.5 Å². The molecule has 0 aromatic heterocycles. The summed E-state index contributed by atoms with van der Waals surface area (Å²) in [5.41, 5.74) is 2.93. The van der Waals surface area contributed by atoms with Crippen molar-refractivity contribution in [1.29, 1.82) is 0 Å². The maximum Gasteiger partial charge on any atom is 0.119 e. The number of aliphatic hydroxyl groups excluding tert-OH is 1. The van der Waals surface area contributed by atoms with Crippen LogP contribution in [-0.4, -0.2) is 17.8 Å². The van der Waals surface area contributed by atoms with Crippen LogP contribution >= 0.6 is 0 Å². The van der Waals surface area contributed by atoms with E-state index in [0.29, 0.717) is 6.61 Å². The van der Waals surface area contributed by atoms with E-state index in [9.17, 15) is 5.11 Å². The first kappa shape index (κ1) is 13.9. The lowest BCUT2D eigenvalue weighted by molar-refractivity contribution is 0.0855. The van der Waals surface area contributed by atoms with Crippen LogP contribution in [0.25, 0.3) is 0 Å². The Labute approximate surface area is 122 Å². The summed E-state index contributed by atoms with van der Waals surface area (Å²) in [7, 11) is 0. The summed E-state index contributed by atoms with van der Waals surface area (Å²) in [6, 6.07) is 6.44. The molecule has 2 heteroatoms. The Balaban J connectivity index is 1.50. The van der Waals surface area contributed by atoms with Gasteiger partial charge in [-0.05, 0) is 61.3 Å². The number of fused-ring (bicyclic) bond motifs is 1. The maximum absolute atomic E-state index is 10.1. The molecule has 0 heterocycles. The number of hydrogen-bond donors (Lipinski definition) is 1. The van der Waals surface area contributed by atoms with Crippen LogP contribution in [0.4, 0.5) is 0 Å². The summed E-state index contributed by atoms with van der Waals surface area (Å²) < 4.78 is 5.79. The number of aryl methyl sites for hydroxylation is 2. The Morgan fingerprint density at radius 1 is 1.05 bits per heavy atom. The van der Waals surface area contributed by atoms with Gasteiger partial charge in [0, 0.05) is 0 Å². The van der Waals surface area contributed by atoms with Crippen LogP contribution in [0.1, 0.15) is 56.1 Å². The number of ether oxygens (including phenoxy) is 1. The average molecular weight is 274 g/mol. The number of hydrogen-bond acceptors (Lipinski definition) is 2. The van der Waals surface area contributed by atoms with E-state index in [0.717, 1.165) is 18.1 Å². The second-order valence-corrected chi connectivity index (χ2v) is 6.49. The fourth-order valence-electron chi connectivity index (χ4n) is 3.69. The normalized spacial score (nSPS) is 20.6. The van der Waals surface area contributed by atoms with Crippen LogP contribution in [0.5, 0.6) is 5.75 Å². The summed E-state index contributed by atoms with van der Waals surface area (Å²) in [5, 5.41) is 10.1. The average Bonchev–Trinajstić information content (AvgIpc) is 2.98. The van der Waals surface area contributed by atoms with E-state index in [-0.39, 0.29) is 6.10 Å². The van der Waals surface area contributed by atoms with Gasteiger partial charge in [0.05, 0.1) is 6.10 Å². The van der Waals surface area contributed by atoms with Crippen LogP contribution in [0, 0.1) is 5.92 Å². The Bertz CT molecular complexity index is 435. The zero-order chi connectivity index (χ0) is 13.8. The van der Waals surface area contributed by atoms with Gasteiger partial charge in [0.1, 0.15) is 12.4 Å². The van der Waals surface area contributed by atoms with Crippen molar-refractivity contribution in [3.8, 4) is 5.75 Å². The van der Waals surface area contributed by atoms with Crippen LogP contribution in [0.2, 0.25) is 0 Å². The third kappa shape index (κ3) is 3.54. The Morgan fingerprint density at radius 2 is 1.80 bits per heavy atom. The highest BCUT2D eigenvalue weighted by molar-refractivity contribution is 5.37. The largest absolute Gasteiger partial charge is 0.491 e. The van der Waals surface area contributed by atoms with Crippen LogP contribution in [0.3, 0.4) is 0 Å². The Kier molecular flexibility index (Phi) is 4.62. The Hall–Kier alpha value is -1.02. The zero-order valence-electron chi connectivity index (χ0n) is 12.3. The molecule has 0 amide bonds. The summed E-state index contributed by atoms with van der Waals surface area (Å²) in [5.74, 6) is 1.65. The van der Waals surface area contributed by atoms with E-state index >= 15 is 0 Å². The molecular weight excluding hydrogens is 248 g/mol. The first-order valence-corrected chi connectivity index (χ1v) is 8.24. The van der Waals surface area contributed by atoms with Gasteiger partial charge < -0.3 is 9.84 Å². The molecule has 2 aliphatic carbocycles. The van der Waals surface area contributed by atoms with E-state index in [1.807, 2.05) is 0 Å². The molecule has 1 unspecified atom stereocenters. The maximum atomic E-state index is 10.1. The van der Waals surface area contributed by atoms with Gasteiger partial charge in [-0.25, -0.2) is 0 Å². The summed E-state index contributed by atoms with van der Waals surface area (Å²) in [6.07, 6.45) is 10.8. The minimum Gasteiger partial charge on any atom is -0.491 e. The predicted octanol–water partition coefficient (Wildman–Crippen LogP) is 3.89. The van der Waals surface area contributed by atoms with E-state index in [1.54, 1.807) is 0 Å². The fourth-order valence-corrected chi connectivity index (χ4v) is 3.69. The molecule has 3 rings (SSSR count). The molecule has 110 valence electrons. The first-order valence-electron chi connectivity index (χ1n) is 8.24. The van der Waals surface area contributed by atoms with E-state index in [2.05, 4.69) is 18.2 Å². The van der Waals surface area contributed by atoms with Crippen molar-refractivity contribution < 1.29 is 9.84 Å². The molecule has 0 bridgehead atoms. The van der Waals surface area contributed by atoms with E-state index in [1.165, 1.54) is 62.5 Å². The van der Waals surface area contributed by atoms with Crippen LogP contribution in [0.15, 0.2) is 18.2 Å². The van der Waals surface area contributed by atoms with Gasteiger partial charge in [-0.1, -0.05) is 31.7 Å². The summed E-state index contributed by atoms with van der Waals surface area (Å²) in [4.78, 5) is 0. The zero-order valence-corrected chi connectivity index (χ0v) is 12.3. The second kappa shape index (κ2) is 6.62. The second-order valence-electron chi connectivity index (χ2n) is 6.49. The molecule has 0 spiro atoms. The standard InChI is InChI=1S/C18H26O2/c19-17(11-14-5-1-2-6-14)13-20-18-10-9-15-7-3-4-8-16(15)12-18/h9-10,12,14,17,19H,1-8,11,13H2. The van der Waals surface area contributed by atoms with Crippen molar-refractivity contribution in [2.24, 2.45) is 5.92 Å². The van der Waals surface area contributed by atoms with Gasteiger partial charge in [0.2, 0.25) is 0 Å². The number of rotatable bonds is 5. The lowest BCUT2D eigenvalue weighted by Gasteiger charge is -2.19. The van der Waals surface area contributed by atoms with Gasteiger partial charge in [-0.2, -0.15) is 0 Å². The fraction of sp³-hybridized carbons (Fsp3) is 0.667. The molecule has 0 radical (unpaired) electrons. The third-order valence-corrected chi connectivity index (χ3v) is 4.84.